The van der Waals surface area contributed by atoms with Crippen LogP contribution in [0.15, 0.2) is 0 Å². The average Bonchev–Trinajstić information content (AvgIpc) is 2.32. The second-order valence-corrected chi connectivity index (χ2v) is 4.36. The van der Waals surface area contributed by atoms with Gasteiger partial charge in [0.15, 0.2) is 0 Å². The number of hydrogen-bond acceptors (Lipinski definition) is 5. The fourth-order valence-corrected chi connectivity index (χ4v) is 1.89. The summed E-state index contributed by atoms with van der Waals surface area (Å²) in [6, 6.07) is 0. The molecule has 6 nitrogen and oxygen atoms in total. The Kier molecular flexibility index (Phi) is 2.60. The summed E-state index contributed by atoms with van der Waals surface area (Å²) in [4.78, 5) is 0. The van der Waals surface area contributed by atoms with Gasteiger partial charge in [0.1, 0.15) is 5.01 Å². The van der Waals surface area contributed by atoms with E-state index in [4.69, 9.17) is 5.14 Å². The zero-order valence-electron chi connectivity index (χ0n) is 6.31. The third-order valence-corrected chi connectivity index (χ3v) is 2.59. The summed E-state index contributed by atoms with van der Waals surface area (Å²) in [5.74, 6) is 0. The average molecular weight is 208 g/mol. The van der Waals surface area contributed by atoms with E-state index < -0.39 is 10.2 Å². The van der Waals surface area contributed by atoms with Crippen LogP contribution in [0.1, 0.15) is 11.9 Å². The normalized spacial score (nSPS) is 11.5. The Morgan fingerprint density at radius 3 is 2.67 bits per heavy atom. The maximum Gasteiger partial charge on any atom is 0.298 e. The lowest BCUT2D eigenvalue weighted by atomic mass is 10.5. The van der Waals surface area contributed by atoms with Crippen LogP contribution in [0.4, 0.5) is 5.13 Å². The van der Waals surface area contributed by atoms with Gasteiger partial charge in [0.2, 0.25) is 5.13 Å². The van der Waals surface area contributed by atoms with Crippen LogP contribution >= 0.6 is 11.3 Å². The molecule has 0 aliphatic heterocycles. The first-order chi connectivity index (χ1) is 5.51. The fraction of sp³-hybridized carbons (Fsp3) is 0.500. The van der Waals surface area contributed by atoms with Gasteiger partial charge in [-0.25, -0.2) is 9.86 Å². The van der Waals surface area contributed by atoms with Gasteiger partial charge >= 0.3 is 0 Å². The van der Waals surface area contributed by atoms with Gasteiger partial charge in [-0.15, -0.1) is 10.2 Å². The van der Waals surface area contributed by atoms with Crippen molar-refractivity contribution in [3.63, 3.8) is 0 Å². The van der Waals surface area contributed by atoms with Gasteiger partial charge in [0, 0.05) is 0 Å². The molecule has 0 amide bonds. The molecule has 0 atom stereocenters. The highest BCUT2D eigenvalue weighted by molar-refractivity contribution is 7.90. The van der Waals surface area contributed by atoms with Crippen molar-refractivity contribution in [1.82, 2.24) is 10.2 Å². The minimum Gasteiger partial charge on any atom is -0.245 e. The van der Waals surface area contributed by atoms with Crippen LogP contribution in [0.5, 0.6) is 0 Å². The van der Waals surface area contributed by atoms with Crippen LogP contribution in [0, 0.1) is 0 Å². The Hall–Kier alpha value is -0.730. The predicted octanol–water partition coefficient (Wildman–Crippen LogP) is -0.284. The number of hydrogen-bond donors (Lipinski definition) is 2. The van der Waals surface area contributed by atoms with E-state index >= 15 is 0 Å². The summed E-state index contributed by atoms with van der Waals surface area (Å²) in [5.41, 5.74) is 0. The van der Waals surface area contributed by atoms with Gasteiger partial charge in [-0.3, -0.25) is 0 Å². The summed E-state index contributed by atoms with van der Waals surface area (Å²) in [6.45, 7) is 1.90. The van der Waals surface area contributed by atoms with Crippen molar-refractivity contribution in [2.45, 2.75) is 13.3 Å². The van der Waals surface area contributed by atoms with Crippen LogP contribution in [-0.4, -0.2) is 18.6 Å². The summed E-state index contributed by atoms with van der Waals surface area (Å²) in [5, 5.41) is 13.0. The molecule has 0 aromatic carbocycles. The highest BCUT2D eigenvalue weighted by Gasteiger charge is 2.06. The SMILES string of the molecule is CCc1nnc(NS(N)(=O)=O)s1. The van der Waals surface area contributed by atoms with Crippen molar-refractivity contribution in [3.8, 4) is 0 Å². The first kappa shape index (κ1) is 9.36. The second kappa shape index (κ2) is 3.33. The molecule has 1 heterocycles. The van der Waals surface area contributed by atoms with Crippen molar-refractivity contribution in [2.24, 2.45) is 5.14 Å². The van der Waals surface area contributed by atoms with E-state index in [1.54, 1.807) is 0 Å². The summed E-state index contributed by atoms with van der Waals surface area (Å²) >= 11 is 1.17. The van der Waals surface area contributed by atoms with Gasteiger partial charge in [0.05, 0.1) is 0 Å². The zero-order valence-corrected chi connectivity index (χ0v) is 7.94. The standard InChI is InChI=1S/C4H8N4O2S2/c1-2-3-6-7-4(11-3)8-12(5,9)10/h2H2,1H3,(H,7,8)(H2,5,9,10). The summed E-state index contributed by atoms with van der Waals surface area (Å²) < 4.78 is 23.0. The number of aromatic nitrogens is 2. The lowest BCUT2D eigenvalue weighted by Gasteiger charge is -1.94. The minimum absolute atomic E-state index is 0.203. The summed E-state index contributed by atoms with van der Waals surface area (Å²) in [7, 11) is -3.71. The lowest BCUT2D eigenvalue weighted by molar-refractivity contribution is 0.603. The van der Waals surface area contributed by atoms with E-state index in [1.807, 2.05) is 11.6 Å². The van der Waals surface area contributed by atoms with E-state index in [9.17, 15) is 8.42 Å². The molecular weight excluding hydrogens is 200 g/mol. The lowest BCUT2D eigenvalue weighted by Crippen LogP contribution is -2.21. The third-order valence-electron chi connectivity index (χ3n) is 0.999. The highest BCUT2D eigenvalue weighted by atomic mass is 32.2. The minimum atomic E-state index is -3.71. The molecule has 0 bridgehead atoms. The van der Waals surface area contributed by atoms with E-state index in [2.05, 4.69) is 10.2 Å². The molecule has 0 unspecified atom stereocenters. The van der Waals surface area contributed by atoms with Crippen LogP contribution in [0.25, 0.3) is 0 Å². The summed E-state index contributed by atoms with van der Waals surface area (Å²) in [6.07, 6.45) is 0.726. The van der Waals surface area contributed by atoms with Crippen molar-refractivity contribution < 1.29 is 8.42 Å². The van der Waals surface area contributed by atoms with Crippen LogP contribution in [-0.2, 0) is 16.6 Å². The molecule has 1 aromatic rings. The maximum atomic E-state index is 10.5. The Morgan fingerprint density at radius 1 is 1.58 bits per heavy atom. The zero-order chi connectivity index (χ0) is 9.19. The van der Waals surface area contributed by atoms with Gasteiger partial charge in [-0.2, -0.15) is 8.42 Å². The monoisotopic (exact) mass is 208 g/mol. The number of nitrogens with two attached hydrogens (primary N) is 1. The predicted molar refractivity (Wildman–Crippen MR) is 46.0 cm³/mol. The molecule has 1 rings (SSSR count). The van der Waals surface area contributed by atoms with Gasteiger partial charge in [0.25, 0.3) is 10.2 Å². The molecule has 3 N–H and O–H groups in total. The second-order valence-electron chi connectivity index (χ2n) is 2.00. The Bertz CT molecular complexity index is 357. The van der Waals surface area contributed by atoms with Gasteiger partial charge in [-0.1, -0.05) is 18.3 Å². The van der Waals surface area contributed by atoms with E-state index in [1.165, 1.54) is 11.3 Å². The number of rotatable bonds is 3. The molecule has 0 aliphatic carbocycles. The van der Waals surface area contributed by atoms with E-state index in [0.717, 1.165) is 11.4 Å². The molecule has 12 heavy (non-hydrogen) atoms. The molecule has 0 radical (unpaired) electrons. The Morgan fingerprint density at radius 2 is 2.25 bits per heavy atom. The molecular formula is C4H8N4O2S2. The van der Waals surface area contributed by atoms with Gasteiger partial charge < -0.3 is 0 Å². The molecule has 1 aromatic heterocycles. The molecule has 68 valence electrons. The Labute approximate surface area is 74.0 Å². The molecule has 0 spiro atoms. The van der Waals surface area contributed by atoms with Gasteiger partial charge in [-0.05, 0) is 6.42 Å². The van der Waals surface area contributed by atoms with Crippen LogP contribution in [0.2, 0.25) is 0 Å². The van der Waals surface area contributed by atoms with Crippen LogP contribution < -0.4 is 9.86 Å². The molecule has 0 aliphatic rings. The van der Waals surface area contributed by atoms with E-state index in [0.29, 0.717) is 0 Å². The van der Waals surface area contributed by atoms with Crippen LogP contribution in [0.3, 0.4) is 0 Å². The first-order valence-corrected chi connectivity index (χ1v) is 5.50. The quantitative estimate of drug-likeness (QED) is 0.713. The van der Waals surface area contributed by atoms with Crippen molar-refractivity contribution in [1.29, 1.82) is 0 Å². The number of nitrogens with zero attached hydrogens (tertiary/aromatic N) is 2. The van der Waals surface area contributed by atoms with Crippen molar-refractivity contribution >= 4 is 26.7 Å². The van der Waals surface area contributed by atoms with Crippen molar-refractivity contribution in [3.05, 3.63) is 5.01 Å². The molecule has 0 fully saturated rings. The fourth-order valence-electron chi connectivity index (χ4n) is 0.559. The Balaban J connectivity index is 2.78. The number of anilines is 1. The highest BCUT2D eigenvalue weighted by Crippen LogP contribution is 2.15. The van der Waals surface area contributed by atoms with Crippen molar-refractivity contribution in [2.75, 3.05) is 4.72 Å². The third kappa shape index (κ3) is 2.72. The number of nitrogens with one attached hydrogen (secondary N) is 1. The topological polar surface area (TPSA) is 98.0 Å². The van der Waals surface area contributed by atoms with E-state index in [-0.39, 0.29) is 5.13 Å². The largest absolute Gasteiger partial charge is 0.298 e. The molecule has 8 heteroatoms. The molecule has 0 saturated carbocycles. The first-order valence-electron chi connectivity index (χ1n) is 3.14. The smallest absolute Gasteiger partial charge is 0.245 e. The number of aryl methyl sites for hydroxylation is 1. The molecule has 0 saturated heterocycles. The maximum absolute atomic E-state index is 10.5.